The maximum Gasteiger partial charge on any atom is 0.158 e. The van der Waals surface area contributed by atoms with E-state index in [0.29, 0.717) is 5.82 Å². The second-order valence-corrected chi connectivity index (χ2v) is 4.26. The lowest BCUT2D eigenvalue weighted by molar-refractivity contribution is 0.265. The van der Waals surface area contributed by atoms with E-state index in [1.165, 1.54) is 10.4 Å². The van der Waals surface area contributed by atoms with Crippen LogP contribution in [0.1, 0.15) is 23.2 Å². The summed E-state index contributed by atoms with van der Waals surface area (Å²) in [5.41, 5.74) is 1.36. The first-order valence-electron chi connectivity index (χ1n) is 4.88. The molecule has 0 saturated carbocycles. The fourth-order valence-corrected chi connectivity index (χ4v) is 2.48. The van der Waals surface area contributed by atoms with Crippen molar-refractivity contribution in [2.24, 2.45) is 0 Å². The van der Waals surface area contributed by atoms with Crippen LogP contribution in [0.25, 0.3) is 0 Å². The van der Waals surface area contributed by atoms with Crippen molar-refractivity contribution in [2.45, 2.75) is 26.5 Å². The molecule has 15 heavy (non-hydrogen) atoms. The lowest BCUT2D eigenvalue weighted by Crippen LogP contribution is -2.04. The number of nitrogens with zero attached hydrogens (tertiary/aromatic N) is 3. The summed E-state index contributed by atoms with van der Waals surface area (Å²) in [4.78, 5) is 1.31. The summed E-state index contributed by atoms with van der Waals surface area (Å²) in [5, 5.41) is 18.8. The molecule has 0 aliphatic heterocycles. The number of rotatable bonds is 4. The quantitative estimate of drug-likeness (QED) is 0.853. The Hall–Kier alpha value is -1.20. The second-order valence-electron chi connectivity index (χ2n) is 3.26. The molecule has 0 unspecified atom stereocenters. The Morgan fingerprint density at radius 1 is 1.53 bits per heavy atom. The van der Waals surface area contributed by atoms with Gasteiger partial charge in [0.1, 0.15) is 12.9 Å². The number of hydrogen-bond acceptors (Lipinski definition) is 4. The topological polar surface area (TPSA) is 50.9 Å². The zero-order chi connectivity index (χ0) is 10.7. The normalized spacial score (nSPS) is 10.8. The minimum Gasteiger partial charge on any atom is -0.388 e. The highest BCUT2D eigenvalue weighted by atomic mass is 32.1. The van der Waals surface area contributed by atoms with Crippen LogP contribution in [0.5, 0.6) is 0 Å². The molecule has 0 radical (unpaired) electrons. The molecule has 0 aromatic carbocycles. The predicted molar refractivity (Wildman–Crippen MR) is 58.7 cm³/mol. The van der Waals surface area contributed by atoms with Crippen LogP contribution < -0.4 is 0 Å². The summed E-state index contributed by atoms with van der Waals surface area (Å²) in [6, 6.07) is 2.14. The van der Waals surface area contributed by atoms with Gasteiger partial charge in [0.2, 0.25) is 0 Å². The van der Waals surface area contributed by atoms with Gasteiger partial charge >= 0.3 is 0 Å². The molecule has 5 heteroatoms. The minimum atomic E-state index is -0.0627. The monoisotopic (exact) mass is 223 g/mol. The van der Waals surface area contributed by atoms with Crippen molar-refractivity contribution >= 4 is 11.3 Å². The van der Waals surface area contributed by atoms with Crippen LogP contribution >= 0.6 is 11.3 Å². The summed E-state index contributed by atoms with van der Waals surface area (Å²) in [7, 11) is 0. The molecule has 1 N–H and O–H groups in total. The van der Waals surface area contributed by atoms with Gasteiger partial charge in [0.25, 0.3) is 0 Å². The van der Waals surface area contributed by atoms with E-state index in [9.17, 15) is 0 Å². The molecule has 2 rings (SSSR count). The third-order valence-corrected chi connectivity index (χ3v) is 3.32. The Balaban J connectivity index is 2.21. The molecule has 4 nitrogen and oxygen atoms in total. The van der Waals surface area contributed by atoms with Crippen LogP contribution in [0.2, 0.25) is 0 Å². The maximum absolute atomic E-state index is 9.04. The first kappa shape index (κ1) is 10.3. The van der Waals surface area contributed by atoms with Gasteiger partial charge in [-0.25, -0.2) is 0 Å². The Morgan fingerprint density at radius 3 is 3.13 bits per heavy atom. The van der Waals surface area contributed by atoms with E-state index in [4.69, 9.17) is 5.11 Å². The average Bonchev–Trinajstić information content (AvgIpc) is 2.87. The summed E-state index contributed by atoms with van der Waals surface area (Å²) in [6.07, 6.45) is 2.69. The largest absolute Gasteiger partial charge is 0.388 e. The maximum atomic E-state index is 9.04. The van der Waals surface area contributed by atoms with Gasteiger partial charge in [-0.2, -0.15) is 0 Å². The van der Waals surface area contributed by atoms with Gasteiger partial charge in [-0.05, 0) is 23.4 Å². The van der Waals surface area contributed by atoms with Gasteiger partial charge in [-0.1, -0.05) is 6.92 Å². The SMILES string of the molecule is CCc1ccsc1Cn1cnnc1CO. The minimum absolute atomic E-state index is 0.0627. The van der Waals surface area contributed by atoms with Crippen molar-refractivity contribution in [1.82, 2.24) is 14.8 Å². The van der Waals surface area contributed by atoms with E-state index in [-0.39, 0.29) is 6.61 Å². The standard InChI is InChI=1S/C10H13N3OS/c1-2-8-3-4-15-9(8)5-13-7-11-12-10(13)6-14/h3-4,7,14H,2,5-6H2,1H3. The third-order valence-electron chi connectivity index (χ3n) is 2.37. The van der Waals surface area contributed by atoms with Gasteiger partial charge < -0.3 is 9.67 Å². The molecule has 80 valence electrons. The number of thiophene rings is 1. The van der Waals surface area contributed by atoms with Crippen molar-refractivity contribution < 1.29 is 5.11 Å². The molecular formula is C10H13N3OS. The molecule has 0 amide bonds. The molecule has 0 spiro atoms. The first-order valence-corrected chi connectivity index (χ1v) is 5.76. The molecule has 2 aromatic rings. The fourth-order valence-electron chi connectivity index (χ4n) is 1.51. The van der Waals surface area contributed by atoms with Crippen molar-refractivity contribution in [3.05, 3.63) is 34.0 Å². The van der Waals surface area contributed by atoms with Crippen LogP contribution in [0.4, 0.5) is 0 Å². The second kappa shape index (κ2) is 4.55. The highest BCUT2D eigenvalue weighted by molar-refractivity contribution is 7.10. The van der Waals surface area contributed by atoms with E-state index in [1.807, 2.05) is 4.57 Å². The number of aliphatic hydroxyl groups is 1. The first-order chi connectivity index (χ1) is 7.35. The van der Waals surface area contributed by atoms with Crippen LogP contribution in [0.15, 0.2) is 17.8 Å². The summed E-state index contributed by atoms with van der Waals surface area (Å²) < 4.78 is 1.88. The fraction of sp³-hybridized carbons (Fsp3) is 0.400. The van der Waals surface area contributed by atoms with Crippen molar-refractivity contribution in [3.8, 4) is 0 Å². The van der Waals surface area contributed by atoms with Gasteiger partial charge in [0, 0.05) is 4.88 Å². The number of aliphatic hydroxyl groups excluding tert-OH is 1. The molecule has 0 aliphatic carbocycles. The van der Waals surface area contributed by atoms with Crippen LogP contribution in [-0.4, -0.2) is 19.9 Å². The van der Waals surface area contributed by atoms with Crippen LogP contribution in [0.3, 0.4) is 0 Å². The van der Waals surface area contributed by atoms with Crippen molar-refractivity contribution in [1.29, 1.82) is 0 Å². The molecular weight excluding hydrogens is 210 g/mol. The number of aryl methyl sites for hydroxylation is 1. The Bertz CT molecular complexity index is 395. The Morgan fingerprint density at radius 2 is 2.40 bits per heavy atom. The Kier molecular flexibility index (Phi) is 3.13. The molecule has 0 bridgehead atoms. The summed E-state index contributed by atoms with van der Waals surface area (Å²) >= 11 is 1.73. The smallest absolute Gasteiger partial charge is 0.158 e. The molecule has 2 aromatic heterocycles. The molecule has 0 aliphatic rings. The summed E-state index contributed by atoms with van der Waals surface area (Å²) in [5.74, 6) is 0.616. The Labute approximate surface area is 92.2 Å². The van der Waals surface area contributed by atoms with Gasteiger partial charge in [0.05, 0.1) is 6.54 Å². The zero-order valence-electron chi connectivity index (χ0n) is 8.55. The summed E-state index contributed by atoms with van der Waals surface area (Å²) in [6.45, 7) is 2.83. The van der Waals surface area contributed by atoms with Gasteiger partial charge in [-0.3, -0.25) is 0 Å². The molecule has 0 atom stereocenters. The molecule has 2 heterocycles. The van der Waals surface area contributed by atoms with Crippen molar-refractivity contribution in [2.75, 3.05) is 0 Å². The van der Waals surface area contributed by atoms with E-state index >= 15 is 0 Å². The number of aromatic nitrogens is 3. The lowest BCUT2D eigenvalue weighted by Gasteiger charge is -2.04. The van der Waals surface area contributed by atoms with E-state index < -0.39 is 0 Å². The lowest BCUT2D eigenvalue weighted by atomic mass is 10.2. The van der Waals surface area contributed by atoms with Gasteiger partial charge in [-0.15, -0.1) is 21.5 Å². The van der Waals surface area contributed by atoms with Crippen LogP contribution in [0, 0.1) is 0 Å². The van der Waals surface area contributed by atoms with E-state index in [1.54, 1.807) is 17.7 Å². The third kappa shape index (κ3) is 2.08. The van der Waals surface area contributed by atoms with Crippen molar-refractivity contribution in [3.63, 3.8) is 0 Å². The number of hydrogen-bond donors (Lipinski definition) is 1. The molecule has 0 fully saturated rings. The highest BCUT2D eigenvalue weighted by Crippen LogP contribution is 2.18. The molecule has 0 saturated heterocycles. The zero-order valence-corrected chi connectivity index (χ0v) is 9.37. The van der Waals surface area contributed by atoms with E-state index in [0.717, 1.165) is 13.0 Å². The van der Waals surface area contributed by atoms with Crippen LogP contribution in [-0.2, 0) is 19.6 Å². The highest BCUT2D eigenvalue weighted by Gasteiger charge is 2.07. The van der Waals surface area contributed by atoms with Gasteiger partial charge in [0.15, 0.2) is 5.82 Å². The predicted octanol–water partition coefficient (Wildman–Crippen LogP) is 1.44. The van der Waals surface area contributed by atoms with E-state index in [2.05, 4.69) is 28.6 Å². The average molecular weight is 223 g/mol.